The number of anilines is 1. The van der Waals surface area contributed by atoms with Crippen LogP contribution < -0.4 is 15.5 Å². The van der Waals surface area contributed by atoms with Crippen LogP contribution in [-0.2, 0) is 0 Å². The number of halogens is 1. The van der Waals surface area contributed by atoms with Crippen LogP contribution in [0, 0.1) is 17.8 Å². The summed E-state index contributed by atoms with van der Waals surface area (Å²) in [6.45, 7) is 0. The highest BCUT2D eigenvalue weighted by molar-refractivity contribution is 5.68. The van der Waals surface area contributed by atoms with Gasteiger partial charge < -0.3 is 4.90 Å². The van der Waals surface area contributed by atoms with Crippen LogP contribution in [0.4, 0.5) is 10.2 Å². The average molecular weight is 362 g/mol. The fraction of sp³-hybridized carbons (Fsp3) is 0.409. The molecule has 1 aromatic rings. The third kappa shape index (κ3) is 2.85. The Morgan fingerprint density at radius 3 is 2.74 bits per heavy atom. The summed E-state index contributed by atoms with van der Waals surface area (Å²) in [7, 11) is 4.04. The largest absolute Gasteiger partial charge is 0.362 e. The summed E-state index contributed by atoms with van der Waals surface area (Å²) >= 11 is 0. The Morgan fingerprint density at radius 1 is 1.07 bits per heavy atom. The van der Waals surface area contributed by atoms with Gasteiger partial charge in [0.1, 0.15) is 17.5 Å². The topological polar surface area (TPSA) is 41.4 Å². The van der Waals surface area contributed by atoms with Crippen molar-refractivity contribution in [1.82, 2.24) is 9.97 Å². The van der Waals surface area contributed by atoms with Gasteiger partial charge in [-0.25, -0.2) is 14.4 Å². The molecule has 27 heavy (non-hydrogen) atoms. The lowest BCUT2D eigenvalue weighted by atomic mass is 9.86. The van der Waals surface area contributed by atoms with E-state index >= 15 is 0 Å². The number of rotatable bonds is 3. The van der Waals surface area contributed by atoms with E-state index in [9.17, 15) is 4.39 Å². The molecule has 0 saturated heterocycles. The maximum atomic E-state index is 13.7. The predicted octanol–water partition coefficient (Wildman–Crippen LogP) is 2.62. The van der Waals surface area contributed by atoms with E-state index in [1.165, 1.54) is 5.57 Å². The van der Waals surface area contributed by atoms with Crippen molar-refractivity contribution in [1.29, 1.82) is 0 Å². The lowest BCUT2D eigenvalue weighted by Gasteiger charge is -2.23. The molecule has 2 heterocycles. The Morgan fingerprint density at radius 2 is 1.96 bits per heavy atom. The summed E-state index contributed by atoms with van der Waals surface area (Å²) in [4.78, 5) is 16.0. The summed E-state index contributed by atoms with van der Waals surface area (Å²) in [6, 6.07) is 0. The Bertz CT molecular complexity index is 1030. The summed E-state index contributed by atoms with van der Waals surface area (Å²) in [5.41, 5.74) is 1.36. The molecule has 0 N–H and O–H groups in total. The molecule has 0 aromatic carbocycles. The highest BCUT2D eigenvalue weighted by Gasteiger charge is 2.46. The number of hydrogen-bond acceptors (Lipinski definition) is 4. The molecule has 5 heteroatoms. The van der Waals surface area contributed by atoms with E-state index in [1.54, 1.807) is 6.08 Å². The van der Waals surface area contributed by atoms with E-state index in [2.05, 4.69) is 28.1 Å². The van der Waals surface area contributed by atoms with Crippen LogP contribution in [0.15, 0.2) is 40.8 Å². The van der Waals surface area contributed by atoms with E-state index < -0.39 is 0 Å². The van der Waals surface area contributed by atoms with Crippen molar-refractivity contribution in [3.63, 3.8) is 0 Å². The molecule has 4 atom stereocenters. The van der Waals surface area contributed by atoms with Crippen molar-refractivity contribution in [2.75, 3.05) is 19.0 Å². The van der Waals surface area contributed by atoms with Crippen molar-refractivity contribution >= 4 is 24.2 Å². The third-order valence-corrected chi connectivity index (χ3v) is 5.94. The predicted molar refractivity (Wildman–Crippen MR) is 107 cm³/mol. The molecule has 5 rings (SSSR count). The van der Waals surface area contributed by atoms with Crippen LogP contribution in [0.5, 0.6) is 0 Å². The molecule has 4 aliphatic rings. The van der Waals surface area contributed by atoms with E-state index in [0.717, 1.165) is 41.5 Å². The molecule has 3 aliphatic carbocycles. The Balaban J connectivity index is 1.57. The molecular formula is C22H23FN4. The molecule has 1 aliphatic heterocycles. The highest BCUT2D eigenvalue weighted by Crippen LogP contribution is 2.54. The van der Waals surface area contributed by atoms with Gasteiger partial charge in [-0.05, 0) is 31.3 Å². The van der Waals surface area contributed by atoms with Gasteiger partial charge in [-0.2, -0.15) is 0 Å². The summed E-state index contributed by atoms with van der Waals surface area (Å²) < 4.78 is 13.7. The second kappa shape index (κ2) is 6.25. The zero-order valence-corrected chi connectivity index (χ0v) is 15.6. The Labute approximate surface area is 158 Å². The second-order valence-corrected chi connectivity index (χ2v) is 8.00. The van der Waals surface area contributed by atoms with Crippen LogP contribution in [0.3, 0.4) is 0 Å². The van der Waals surface area contributed by atoms with Gasteiger partial charge in [0.25, 0.3) is 0 Å². The van der Waals surface area contributed by atoms with Gasteiger partial charge in [-0.1, -0.05) is 29.9 Å². The number of aromatic nitrogens is 2. The zero-order valence-electron chi connectivity index (χ0n) is 15.6. The van der Waals surface area contributed by atoms with Crippen molar-refractivity contribution in [3.8, 4) is 0 Å². The minimum Gasteiger partial charge on any atom is -0.362 e. The van der Waals surface area contributed by atoms with Gasteiger partial charge in [-0.3, -0.25) is 4.99 Å². The van der Waals surface area contributed by atoms with Gasteiger partial charge in [0.05, 0.1) is 11.3 Å². The minimum atomic E-state index is 0.0501. The molecule has 0 spiro atoms. The molecule has 0 amide bonds. The van der Waals surface area contributed by atoms with Gasteiger partial charge in [-0.15, -0.1) is 0 Å². The summed E-state index contributed by atoms with van der Waals surface area (Å²) in [5.74, 6) is 2.79. The number of hydrogen-bond donors (Lipinski definition) is 0. The first-order valence-electron chi connectivity index (χ1n) is 9.64. The maximum Gasteiger partial charge on any atom is 0.140 e. The van der Waals surface area contributed by atoms with Crippen LogP contribution in [-0.4, -0.2) is 30.3 Å². The van der Waals surface area contributed by atoms with E-state index in [-0.39, 0.29) is 17.7 Å². The van der Waals surface area contributed by atoms with Crippen molar-refractivity contribution in [2.45, 2.75) is 25.2 Å². The Kier molecular flexibility index (Phi) is 3.85. The minimum absolute atomic E-state index is 0.0501. The molecule has 0 radical (unpaired) electrons. The SMILES string of the molecule is CN(C)c1nc(C2C=NC=CC2)nc2c1=CC(C1=CC=C(F)C3CC13)CC=2. The quantitative estimate of drug-likeness (QED) is 0.830. The van der Waals surface area contributed by atoms with E-state index in [1.807, 2.05) is 32.6 Å². The zero-order chi connectivity index (χ0) is 18.5. The average Bonchev–Trinajstić information content (AvgIpc) is 3.49. The van der Waals surface area contributed by atoms with Gasteiger partial charge in [0.2, 0.25) is 0 Å². The normalized spacial score (nSPS) is 30.3. The molecule has 4 nitrogen and oxygen atoms in total. The second-order valence-electron chi connectivity index (χ2n) is 8.00. The summed E-state index contributed by atoms with van der Waals surface area (Å²) in [5, 5.41) is 2.10. The van der Waals surface area contributed by atoms with Gasteiger partial charge >= 0.3 is 0 Å². The highest BCUT2D eigenvalue weighted by atomic mass is 19.1. The molecule has 1 fully saturated rings. The standard InChI is InChI=1S/C22H23FN4/c1-27(2)22-18-10-13(15-6-7-19(23)17-11-16(15)17)5-8-20(18)25-21(26-22)14-4-3-9-24-12-14/h3,6-10,12-14,16-17H,4-5,11H2,1-2H3. The fourth-order valence-electron chi connectivity index (χ4n) is 4.40. The van der Waals surface area contributed by atoms with E-state index in [0.29, 0.717) is 11.8 Å². The molecule has 0 bridgehead atoms. The number of nitrogens with zero attached hydrogens (tertiary/aromatic N) is 4. The van der Waals surface area contributed by atoms with E-state index in [4.69, 9.17) is 9.97 Å². The molecule has 4 unspecified atom stereocenters. The first-order valence-corrected chi connectivity index (χ1v) is 9.64. The van der Waals surface area contributed by atoms with Crippen molar-refractivity contribution in [3.05, 3.63) is 52.2 Å². The number of allylic oxidation sites excluding steroid dienone is 5. The van der Waals surface area contributed by atoms with Gasteiger partial charge in [0.15, 0.2) is 0 Å². The van der Waals surface area contributed by atoms with Crippen molar-refractivity contribution < 1.29 is 4.39 Å². The molecular weight excluding hydrogens is 339 g/mol. The molecule has 1 saturated carbocycles. The number of aliphatic imine (C=N–C) groups is 1. The smallest absolute Gasteiger partial charge is 0.140 e. The third-order valence-electron chi connectivity index (χ3n) is 5.94. The Hall–Kier alpha value is -2.56. The van der Waals surface area contributed by atoms with Crippen LogP contribution in [0.25, 0.3) is 12.2 Å². The van der Waals surface area contributed by atoms with Crippen molar-refractivity contribution in [2.24, 2.45) is 22.7 Å². The van der Waals surface area contributed by atoms with Gasteiger partial charge in [0, 0.05) is 43.6 Å². The maximum absolute atomic E-state index is 13.7. The first-order chi connectivity index (χ1) is 13.1. The monoisotopic (exact) mass is 362 g/mol. The molecule has 138 valence electrons. The fourth-order valence-corrected chi connectivity index (χ4v) is 4.40. The first kappa shape index (κ1) is 16.6. The summed E-state index contributed by atoms with van der Waals surface area (Å²) in [6.07, 6.45) is 16.7. The lowest BCUT2D eigenvalue weighted by Crippen LogP contribution is -2.39. The molecule has 1 aromatic heterocycles. The van der Waals surface area contributed by atoms with Crippen LogP contribution >= 0.6 is 0 Å². The van der Waals surface area contributed by atoms with Crippen LogP contribution in [0.1, 0.15) is 31.0 Å². The van der Waals surface area contributed by atoms with Crippen LogP contribution in [0.2, 0.25) is 0 Å². The number of fused-ring (bicyclic) bond motifs is 2. The lowest BCUT2D eigenvalue weighted by molar-refractivity contribution is 0.551.